The fraction of sp³-hybridized carbons (Fsp3) is 0.467. The number of fused-ring (bicyclic) bond motifs is 1. The van der Waals surface area contributed by atoms with E-state index in [0.717, 1.165) is 43.1 Å². The Morgan fingerprint density at radius 2 is 2.17 bits per heavy atom. The van der Waals surface area contributed by atoms with Crippen LogP contribution in [0.5, 0.6) is 0 Å². The molecular weight excluding hydrogens is 314 g/mol. The SMILES string of the molecule is O=C(Nc1nccs1)C1CCN(c2ncc3c(n2)COC3)CC1. The highest BCUT2D eigenvalue weighted by Gasteiger charge is 2.27. The second kappa shape index (κ2) is 6.21. The van der Waals surface area contributed by atoms with Crippen LogP contribution in [-0.2, 0) is 22.7 Å². The van der Waals surface area contributed by atoms with Crippen LogP contribution in [0.25, 0.3) is 0 Å². The Balaban J connectivity index is 1.36. The monoisotopic (exact) mass is 331 g/mol. The lowest BCUT2D eigenvalue weighted by molar-refractivity contribution is -0.120. The number of ether oxygens (including phenoxy) is 1. The molecule has 7 nitrogen and oxygen atoms in total. The van der Waals surface area contributed by atoms with Crippen molar-refractivity contribution >= 4 is 28.3 Å². The molecule has 8 heteroatoms. The summed E-state index contributed by atoms with van der Waals surface area (Å²) in [7, 11) is 0. The van der Waals surface area contributed by atoms with Crippen LogP contribution in [-0.4, -0.2) is 33.9 Å². The number of anilines is 2. The number of hydrogen-bond donors (Lipinski definition) is 1. The largest absolute Gasteiger partial charge is 0.370 e. The Bertz CT molecular complexity index is 698. The van der Waals surface area contributed by atoms with Crippen LogP contribution < -0.4 is 10.2 Å². The van der Waals surface area contributed by atoms with Crippen LogP contribution >= 0.6 is 11.3 Å². The van der Waals surface area contributed by atoms with E-state index in [-0.39, 0.29) is 11.8 Å². The minimum atomic E-state index is 0.0212. The van der Waals surface area contributed by atoms with Gasteiger partial charge in [0.2, 0.25) is 11.9 Å². The van der Waals surface area contributed by atoms with E-state index in [0.29, 0.717) is 18.3 Å². The minimum Gasteiger partial charge on any atom is -0.370 e. The number of thiazole rings is 1. The van der Waals surface area contributed by atoms with Crippen LogP contribution in [0.4, 0.5) is 11.1 Å². The lowest BCUT2D eigenvalue weighted by atomic mass is 9.96. The van der Waals surface area contributed by atoms with Crippen LogP contribution in [0.3, 0.4) is 0 Å². The summed E-state index contributed by atoms with van der Waals surface area (Å²) in [5.74, 6) is 0.823. The minimum absolute atomic E-state index is 0.0212. The van der Waals surface area contributed by atoms with Gasteiger partial charge in [0.25, 0.3) is 0 Å². The van der Waals surface area contributed by atoms with Gasteiger partial charge in [-0.15, -0.1) is 11.3 Å². The van der Waals surface area contributed by atoms with Crippen molar-refractivity contribution in [3.05, 3.63) is 29.0 Å². The third-order valence-electron chi connectivity index (χ3n) is 4.25. The van der Waals surface area contributed by atoms with E-state index >= 15 is 0 Å². The second-order valence-electron chi connectivity index (χ2n) is 5.72. The number of piperidine rings is 1. The highest BCUT2D eigenvalue weighted by Crippen LogP contribution is 2.24. The highest BCUT2D eigenvalue weighted by molar-refractivity contribution is 7.13. The number of hydrogen-bond acceptors (Lipinski definition) is 7. The van der Waals surface area contributed by atoms with Gasteiger partial charge in [-0.2, -0.15) is 0 Å². The number of aromatic nitrogens is 3. The summed E-state index contributed by atoms with van der Waals surface area (Å²) in [6.07, 6.45) is 5.14. The fourth-order valence-electron chi connectivity index (χ4n) is 2.92. The topological polar surface area (TPSA) is 80.2 Å². The Morgan fingerprint density at radius 3 is 2.96 bits per heavy atom. The molecular formula is C15H17N5O2S. The number of rotatable bonds is 3. The molecule has 0 aromatic carbocycles. The molecule has 0 radical (unpaired) electrons. The van der Waals surface area contributed by atoms with Gasteiger partial charge >= 0.3 is 0 Å². The van der Waals surface area contributed by atoms with Gasteiger partial charge in [0.05, 0.1) is 18.9 Å². The lowest BCUT2D eigenvalue weighted by Gasteiger charge is -2.31. The Labute approximate surface area is 137 Å². The average molecular weight is 331 g/mol. The predicted octanol–water partition coefficient (Wildman–Crippen LogP) is 1.82. The number of nitrogens with one attached hydrogen (secondary N) is 1. The summed E-state index contributed by atoms with van der Waals surface area (Å²) in [5.41, 5.74) is 2.06. The van der Waals surface area contributed by atoms with Crippen molar-refractivity contribution in [3.8, 4) is 0 Å². The zero-order valence-electron chi connectivity index (χ0n) is 12.6. The van der Waals surface area contributed by atoms with Gasteiger partial charge in [0.1, 0.15) is 0 Å². The standard InChI is InChI=1S/C15H17N5O2S/c21-13(19-15-16-3-6-23-15)10-1-4-20(5-2-10)14-17-7-11-8-22-9-12(11)18-14/h3,6-7,10H,1-2,4-5,8-9H2,(H,16,19,21). The summed E-state index contributed by atoms with van der Waals surface area (Å²) in [4.78, 5) is 27.5. The van der Waals surface area contributed by atoms with Gasteiger partial charge < -0.3 is 15.0 Å². The van der Waals surface area contributed by atoms with E-state index in [2.05, 4.69) is 25.2 Å². The third kappa shape index (κ3) is 3.04. The normalized spacial score (nSPS) is 18.0. The molecule has 1 saturated heterocycles. The Morgan fingerprint density at radius 1 is 1.30 bits per heavy atom. The van der Waals surface area contributed by atoms with Crippen LogP contribution in [0.2, 0.25) is 0 Å². The number of nitrogens with zero attached hydrogens (tertiary/aromatic N) is 4. The highest BCUT2D eigenvalue weighted by atomic mass is 32.1. The third-order valence-corrected chi connectivity index (χ3v) is 4.94. The van der Waals surface area contributed by atoms with Crippen molar-refractivity contribution in [1.82, 2.24) is 15.0 Å². The van der Waals surface area contributed by atoms with E-state index in [1.807, 2.05) is 11.6 Å². The van der Waals surface area contributed by atoms with Crippen LogP contribution in [0.15, 0.2) is 17.8 Å². The summed E-state index contributed by atoms with van der Waals surface area (Å²) in [6, 6.07) is 0. The number of amides is 1. The molecule has 1 fully saturated rings. The van der Waals surface area contributed by atoms with Crippen molar-refractivity contribution in [2.75, 3.05) is 23.3 Å². The molecule has 0 aliphatic carbocycles. The summed E-state index contributed by atoms with van der Waals surface area (Å²) < 4.78 is 5.38. The van der Waals surface area contributed by atoms with E-state index < -0.39 is 0 Å². The molecule has 2 aliphatic heterocycles. The Kier molecular flexibility index (Phi) is 3.92. The van der Waals surface area contributed by atoms with Gasteiger partial charge in [-0.25, -0.2) is 15.0 Å². The molecule has 0 unspecified atom stereocenters. The number of carbonyl (C=O) groups is 1. The molecule has 2 aromatic heterocycles. The van der Waals surface area contributed by atoms with E-state index in [1.165, 1.54) is 11.3 Å². The van der Waals surface area contributed by atoms with Gasteiger partial charge in [-0.05, 0) is 12.8 Å². The molecule has 0 saturated carbocycles. The first-order valence-corrected chi connectivity index (χ1v) is 8.55. The predicted molar refractivity (Wildman–Crippen MR) is 86.2 cm³/mol. The van der Waals surface area contributed by atoms with Crippen molar-refractivity contribution in [2.45, 2.75) is 26.1 Å². The smallest absolute Gasteiger partial charge is 0.229 e. The summed E-state index contributed by atoms with van der Waals surface area (Å²) in [6.45, 7) is 2.75. The molecule has 0 atom stereocenters. The molecule has 2 aromatic rings. The number of carbonyl (C=O) groups excluding carboxylic acids is 1. The molecule has 4 rings (SSSR count). The summed E-state index contributed by atoms with van der Waals surface area (Å²) in [5, 5.41) is 5.40. The first-order chi connectivity index (χ1) is 11.3. The van der Waals surface area contributed by atoms with Crippen molar-refractivity contribution in [2.24, 2.45) is 5.92 Å². The van der Waals surface area contributed by atoms with Gasteiger partial charge in [0.15, 0.2) is 5.13 Å². The lowest BCUT2D eigenvalue weighted by Crippen LogP contribution is -2.39. The zero-order valence-corrected chi connectivity index (χ0v) is 13.4. The van der Waals surface area contributed by atoms with Crippen LogP contribution in [0.1, 0.15) is 24.1 Å². The zero-order chi connectivity index (χ0) is 15.6. The molecule has 120 valence electrons. The van der Waals surface area contributed by atoms with Crippen molar-refractivity contribution < 1.29 is 9.53 Å². The molecule has 4 heterocycles. The summed E-state index contributed by atoms with van der Waals surface area (Å²) >= 11 is 1.44. The van der Waals surface area contributed by atoms with Crippen molar-refractivity contribution in [1.29, 1.82) is 0 Å². The maximum Gasteiger partial charge on any atom is 0.229 e. The molecule has 2 aliphatic rings. The molecule has 23 heavy (non-hydrogen) atoms. The van der Waals surface area contributed by atoms with E-state index in [1.54, 1.807) is 6.20 Å². The Hall–Kier alpha value is -2.06. The van der Waals surface area contributed by atoms with E-state index in [9.17, 15) is 4.79 Å². The van der Waals surface area contributed by atoms with Gasteiger partial charge in [0, 0.05) is 42.3 Å². The van der Waals surface area contributed by atoms with Crippen LogP contribution in [0, 0.1) is 5.92 Å². The molecule has 1 N–H and O–H groups in total. The van der Waals surface area contributed by atoms with Gasteiger partial charge in [-0.1, -0.05) is 0 Å². The molecule has 0 bridgehead atoms. The maximum absolute atomic E-state index is 12.3. The average Bonchev–Trinajstić information content (AvgIpc) is 3.25. The quantitative estimate of drug-likeness (QED) is 0.924. The fourth-order valence-corrected chi connectivity index (χ4v) is 3.45. The maximum atomic E-state index is 12.3. The molecule has 1 amide bonds. The van der Waals surface area contributed by atoms with Crippen molar-refractivity contribution in [3.63, 3.8) is 0 Å². The van der Waals surface area contributed by atoms with E-state index in [4.69, 9.17) is 4.74 Å². The first kappa shape index (κ1) is 14.5. The second-order valence-corrected chi connectivity index (χ2v) is 6.62. The van der Waals surface area contributed by atoms with Gasteiger partial charge in [-0.3, -0.25) is 4.79 Å². The first-order valence-electron chi connectivity index (χ1n) is 7.67. The molecule has 0 spiro atoms.